The van der Waals surface area contributed by atoms with Crippen LogP contribution in [0.15, 0.2) is 36.5 Å². The van der Waals surface area contributed by atoms with Gasteiger partial charge in [0.2, 0.25) is 5.95 Å². The van der Waals surface area contributed by atoms with Gasteiger partial charge in [0.05, 0.1) is 7.11 Å². The largest absolute Gasteiger partial charge is 0.497 e. The van der Waals surface area contributed by atoms with E-state index in [1.807, 2.05) is 24.3 Å². The summed E-state index contributed by atoms with van der Waals surface area (Å²) in [4.78, 5) is 8.64. The molecule has 0 saturated heterocycles. The fourth-order valence-corrected chi connectivity index (χ4v) is 1.94. The fraction of sp³-hybridized carbons (Fsp3) is 0.375. The van der Waals surface area contributed by atoms with Crippen LogP contribution in [-0.4, -0.2) is 30.2 Å². The summed E-state index contributed by atoms with van der Waals surface area (Å²) < 4.78 is 5.22. The van der Waals surface area contributed by atoms with Crippen LogP contribution < -0.4 is 15.4 Å². The molecule has 0 aliphatic heterocycles. The number of aromatic nitrogens is 2. The average Bonchev–Trinajstić information content (AvgIpc) is 2.53. The van der Waals surface area contributed by atoms with E-state index in [4.69, 9.17) is 4.74 Å². The highest BCUT2D eigenvalue weighted by molar-refractivity contribution is 5.39. The van der Waals surface area contributed by atoms with Gasteiger partial charge in [0.1, 0.15) is 11.6 Å². The molecule has 112 valence electrons. The van der Waals surface area contributed by atoms with Crippen molar-refractivity contribution in [2.75, 3.05) is 30.8 Å². The highest BCUT2D eigenvalue weighted by Gasteiger charge is 2.00. The minimum Gasteiger partial charge on any atom is -0.497 e. The van der Waals surface area contributed by atoms with Crippen molar-refractivity contribution in [1.82, 2.24) is 9.97 Å². The summed E-state index contributed by atoms with van der Waals surface area (Å²) in [6.07, 6.45) is 3.73. The smallest absolute Gasteiger partial charge is 0.224 e. The van der Waals surface area contributed by atoms with E-state index in [9.17, 15) is 0 Å². The molecule has 5 nitrogen and oxygen atoms in total. The van der Waals surface area contributed by atoms with Crippen molar-refractivity contribution in [2.24, 2.45) is 0 Å². The van der Waals surface area contributed by atoms with E-state index in [1.54, 1.807) is 13.3 Å². The second-order valence-corrected chi connectivity index (χ2v) is 4.72. The number of anilines is 2. The third-order valence-electron chi connectivity index (χ3n) is 3.04. The predicted molar refractivity (Wildman–Crippen MR) is 86.0 cm³/mol. The predicted octanol–water partition coefficient (Wildman–Crippen LogP) is 2.96. The zero-order valence-corrected chi connectivity index (χ0v) is 12.6. The van der Waals surface area contributed by atoms with Gasteiger partial charge in [-0.3, -0.25) is 0 Å². The maximum Gasteiger partial charge on any atom is 0.224 e. The van der Waals surface area contributed by atoms with Crippen LogP contribution in [0.25, 0.3) is 0 Å². The first-order valence-corrected chi connectivity index (χ1v) is 7.25. The lowest BCUT2D eigenvalue weighted by Crippen LogP contribution is -2.09. The number of nitrogens with zero attached hydrogens (tertiary/aromatic N) is 2. The Bertz CT molecular complexity index is 559. The molecule has 0 aliphatic carbocycles. The Morgan fingerprint density at radius 1 is 1.14 bits per heavy atom. The third-order valence-corrected chi connectivity index (χ3v) is 3.04. The average molecular weight is 286 g/mol. The van der Waals surface area contributed by atoms with Gasteiger partial charge in [0.15, 0.2) is 0 Å². The Balaban J connectivity index is 1.85. The molecule has 0 radical (unpaired) electrons. The number of benzene rings is 1. The summed E-state index contributed by atoms with van der Waals surface area (Å²) in [6, 6.07) is 9.96. The maximum atomic E-state index is 5.22. The second kappa shape index (κ2) is 8.09. The molecule has 21 heavy (non-hydrogen) atoms. The van der Waals surface area contributed by atoms with Crippen LogP contribution in [0.2, 0.25) is 0 Å². The number of hydrogen-bond acceptors (Lipinski definition) is 5. The summed E-state index contributed by atoms with van der Waals surface area (Å²) >= 11 is 0. The summed E-state index contributed by atoms with van der Waals surface area (Å²) in [6.45, 7) is 3.83. The van der Waals surface area contributed by atoms with Crippen molar-refractivity contribution in [2.45, 2.75) is 19.8 Å². The van der Waals surface area contributed by atoms with E-state index in [1.165, 1.54) is 5.56 Å². The van der Waals surface area contributed by atoms with Crippen LogP contribution in [0.5, 0.6) is 5.75 Å². The van der Waals surface area contributed by atoms with Crippen molar-refractivity contribution in [1.29, 1.82) is 0 Å². The van der Waals surface area contributed by atoms with Crippen LogP contribution in [0.1, 0.15) is 18.9 Å². The molecule has 0 saturated carbocycles. The standard InChI is InChI=1S/C16H22N4O/c1-3-9-17-15-8-11-19-16(20-15)18-10-7-13-5-4-6-14(12-13)21-2/h4-6,8,11-12H,3,7,9-10H2,1-2H3,(H2,17,18,19,20). The molecule has 1 aromatic carbocycles. The molecular formula is C16H22N4O. The maximum absolute atomic E-state index is 5.22. The van der Waals surface area contributed by atoms with Gasteiger partial charge in [0, 0.05) is 19.3 Å². The summed E-state index contributed by atoms with van der Waals surface area (Å²) in [7, 11) is 1.68. The van der Waals surface area contributed by atoms with Crippen molar-refractivity contribution in [3.05, 3.63) is 42.1 Å². The SMILES string of the molecule is CCCNc1ccnc(NCCc2cccc(OC)c2)n1. The molecule has 0 bridgehead atoms. The summed E-state index contributed by atoms with van der Waals surface area (Å²) in [5.41, 5.74) is 1.22. The molecule has 2 aromatic rings. The van der Waals surface area contributed by atoms with Crippen LogP contribution in [0.4, 0.5) is 11.8 Å². The molecule has 2 N–H and O–H groups in total. The lowest BCUT2D eigenvalue weighted by atomic mass is 10.1. The molecule has 0 amide bonds. The molecule has 0 fully saturated rings. The molecule has 0 aliphatic rings. The lowest BCUT2D eigenvalue weighted by Gasteiger charge is -2.08. The van der Waals surface area contributed by atoms with Gasteiger partial charge in [-0.15, -0.1) is 0 Å². The normalized spacial score (nSPS) is 10.2. The second-order valence-electron chi connectivity index (χ2n) is 4.72. The number of ether oxygens (including phenoxy) is 1. The fourth-order valence-electron chi connectivity index (χ4n) is 1.94. The van der Waals surface area contributed by atoms with Crippen molar-refractivity contribution < 1.29 is 4.74 Å². The molecule has 0 spiro atoms. The van der Waals surface area contributed by atoms with Crippen LogP contribution in [0.3, 0.4) is 0 Å². The Morgan fingerprint density at radius 2 is 2.05 bits per heavy atom. The Morgan fingerprint density at radius 3 is 2.86 bits per heavy atom. The zero-order valence-electron chi connectivity index (χ0n) is 12.6. The molecule has 2 rings (SSSR count). The van der Waals surface area contributed by atoms with Crippen LogP contribution in [-0.2, 0) is 6.42 Å². The molecule has 0 unspecified atom stereocenters. The van der Waals surface area contributed by atoms with E-state index >= 15 is 0 Å². The minimum absolute atomic E-state index is 0.652. The van der Waals surface area contributed by atoms with E-state index in [2.05, 4.69) is 33.6 Å². The van der Waals surface area contributed by atoms with Gasteiger partial charge in [-0.1, -0.05) is 19.1 Å². The van der Waals surface area contributed by atoms with E-state index in [0.29, 0.717) is 5.95 Å². The third kappa shape index (κ3) is 4.95. The lowest BCUT2D eigenvalue weighted by molar-refractivity contribution is 0.414. The number of hydrogen-bond donors (Lipinski definition) is 2. The molecule has 1 heterocycles. The Labute approximate surface area is 125 Å². The number of nitrogens with one attached hydrogen (secondary N) is 2. The highest BCUT2D eigenvalue weighted by Crippen LogP contribution is 2.13. The first kappa shape index (κ1) is 15.1. The van der Waals surface area contributed by atoms with Gasteiger partial charge in [-0.25, -0.2) is 4.98 Å². The van der Waals surface area contributed by atoms with Gasteiger partial charge in [-0.05, 0) is 36.6 Å². The molecule has 5 heteroatoms. The van der Waals surface area contributed by atoms with Gasteiger partial charge in [-0.2, -0.15) is 4.98 Å². The van der Waals surface area contributed by atoms with E-state index in [0.717, 1.165) is 37.5 Å². The van der Waals surface area contributed by atoms with Gasteiger partial charge >= 0.3 is 0 Å². The summed E-state index contributed by atoms with van der Waals surface area (Å²) in [5, 5.41) is 6.49. The molecular weight excluding hydrogens is 264 g/mol. The molecule has 1 aromatic heterocycles. The van der Waals surface area contributed by atoms with Crippen molar-refractivity contribution >= 4 is 11.8 Å². The van der Waals surface area contributed by atoms with Crippen LogP contribution in [0, 0.1) is 0 Å². The van der Waals surface area contributed by atoms with Crippen LogP contribution >= 0.6 is 0 Å². The Kier molecular flexibility index (Phi) is 5.82. The molecule has 0 atom stereocenters. The number of methoxy groups -OCH3 is 1. The van der Waals surface area contributed by atoms with Crippen molar-refractivity contribution in [3.8, 4) is 5.75 Å². The van der Waals surface area contributed by atoms with E-state index in [-0.39, 0.29) is 0 Å². The minimum atomic E-state index is 0.652. The first-order valence-electron chi connectivity index (χ1n) is 7.25. The Hall–Kier alpha value is -2.30. The summed E-state index contributed by atoms with van der Waals surface area (Å²) in [5.74, 6) is 2.39. The van der Waals surface area contributed by atoms with Gasteiger partial charge in [0.25, 0.3) is 0 Å². The highest BCUT2D eigenvalue weighted by atomic mass is 16.5. The van der Waals surface area contributed by atoms with Crippen molar-refractivity contribution in [3.63, 3.8) is 0 Å². The van der Waals surface area contributed by atoms with Gasteiger partial charge < -0.3 is 15.4 Å². The monoisotopic (exact) mass is 286 g/mol. The zero-order chi connectivity index (χ0) is 14.9. The first-order chi connectivity index (χ1) is 10.3. The quantitative estimate of drug-likeness (QED) is 0.781. The topological polar surface area (TPSA) is 59.1 Å². The number of rotatable bonds is 8. The van der Waals surface area contributed by atoms with E-state index < -0.39 is 0 Å².